The van der Waals surface area contributed by atoms with Crippen LogP contribution in [0.2, 0.25) is 0 Å². The van der Waals surface area contributed by atoms with Crippen LogP contribution in [0.25, 0.3) is 17.0 Å². The summed E-state index contributed by atoms with van der Waals surface area (Å²) >= 11 is 0. The highest BCUT2D eigenvalue weighted by Gasteiger charge is 2.08. The molecule has 0 aliphatic rings. The summed E-state index contributed by atoms with van der Waals surface area (Å²) in [6.45, 7) is 4.18. The quantitative estimate of drug-likeness (QED) is 0.776. The molecule has 0 aliphatic carbocycles. The van der Waals surface area contributed by atoms with Crippen molar-refractivity contribution in [1.82, 2.24) is 0 Å². The molecule has 3 heteroatoms. The van der Waals surface area contributed by atoms with Crippen LogP contribution >= 0.6 is 0 Å². The van der Waals surface area contributed by atoms with E-state index in [1.54, 1.807) is 13.2 Å². The van der Waals surface area contributed by atoms with Crippen molar-refractivity contribution in [3.8, 4) is 5.75 Å². The molecule has 3 nitrogen and oxygen atoms in total. The second kappa shape index (κ2) is 5.08. The van der Waals surface area contributed by atoms with Gasteiger partial charge in [-0.15, -0.1) is 0 Å². The molecule has 94 valence electrons. The summed E-state index contributed by atoms with van der Waals surface area (Å²) in [7, 11) is 1.61. The Hall–Kier alpha value is -2.03. The molecule has 0 saturated heterocycles. The Balaban J connectivity index is 2.71. The zero-order valence-corrected chi connectivity index (χ0v) is 10.8. The van der Waals surface area contributed by atoms with Crippen molar-refractivity contribution >= 4 is 17.0 Å². The predicted octanol–water partition coefficient (Wildman–Crippen LogP) is 3.47. The standard InChI is InChI=1S/C15H16O3/c1-10(2)4-7-12-13(17-3)8-5-11-6-9-14(16)18-15(11)12/h4-10H,1-3H3. The molecule has 0 unspecified atom stereocenters. The van der Waals surface area contributed by atoms with E-state index < -0.39 is 0 Å². The van der Waals surface area contributed by atoms with Gasteiger partial charge in [0.15, 0.2) is 0 Å². The van der Waals surface area contributed by atoms with Gasteiger partial charge in [-0.2, -0.15) is 0 Å². The van der Waals surface area contributed by atoms with Gasteiger partial charge in [0.05, 0.1) is 12.7 Å². The maximum Gasteiger partial charge on any atom is 0.336 e. The van der Waals surface area contributed by atoms with E-state index in [-0.39, 0.29) is 5.63 Å². The second-order valence-corrected chi connectivity index (χ2v) is 4.46. The molecule has 1 aromatic heterocycles. The topological polar surface area (TPSA) is 39.4 Å². The van der Waals surface area contributed by atoms with E-state index in [1.807, 2.05) is 24.3 Å². The third-order valence-electron chi connectivity index (χ3n) is 2.66. The summed E-state index contributed by atoms with van der Waals surface area (Å²) in [4.78, 5) is 11.3. The van der Waals surface area contributed by atoms with Crippen LogP contribution in [0.3, 0.4) is 0 Å². The molecule has 2 aromatic rings. The van der Waals surface area contributed by atoms with Gasteiger partial charge in [0.2, 0.25) is 0 Å². The van der Waals surface area contributed by atoms with Crippen molar-refractivity contribution in [1.29, 1.82) is 0 Å². The van der Waals surface area contributed by atoms with E-state index in [2.05, 4.69) is 13.8 Å². The van der Waals surface area contributed by atoms with Crippen LogP contribution in [0.5, 0.6) is 5.75 Å². The minimum Gasteiger partial charge on any atom is -0.496 e. The van der Waals surface area contributed by atoms with Gasteiger partial charge in [-0.25, -0.2) is 4.79 Å². The molecule has 0 atom stereocenters. The van der Waals surface area contributed by atoms with Crippen LogP contribution in [0.15, 0.2) is 39.6 Å². The summed E-state index contributed by atoms with van der Waals surface area (Å²) in [5, 5.41) is 0.888. The van der Waals surface area contributed by atoms with Gasteiger partial charge in [-0.1, -0.05) is 26.0 Å². The first-order valence-corrected chi connectivity index (χ1v) is 5.91. The van der Waals surface area contributed by atoms with E-state index in [1.165, 1.54) is 6.07 Å². The van der Waals surface area contributed by atoms with Crippen molar-refractivity contribution in [3.05, 3.63) is 46.3 Å². The van der Waals surface area contributed by atoms with E-state index in [9.17, 15) is 4.79 Å². The fourth-order valence-electron chi connectivity index (χ4n) is 1.76. The molecule has 2 rings (SSSR count). The van der Waals surface area contributed by atoms with Crippen molar-refractivity contribution < 1.29 is 9.15 Å². The van der Waals surface area contributed by atoms with Crippen LogP contribution in [-0.2, 0) is 0 Å². The first kappa shape index (κ1) is 12.4. The van der Waals surface area contributed by atoms with Gasteiger partial charge in [0, 0.05) is 11.5 Å². The number of rotatable bonds is 3. The molecule has 0 N–H and O–H groups in total. The summed E-state index contributed by atoms with van der Waals surface area (Å²) in [6.07, 6.45) is 3.99. The van der Waals surface area contributed by atoms with E-state index in [0.717, 1.165) is 10.9 Å². The fourth-order valence-corrected chi connectivity index (χ4v) is 1.76. The minimum atomic E-state index is -0.352. The van der Waals surface area contributed by atoms with Crippen LogP contribution in [0.1, 0.15) is 19.4 Å². The van der Waals surface area contributed by atoms with Gasteiger partial charge in [-0.3, -0.25) is 0 Å². The van der Waals surface area contributed by atoms with E-state index >= 15 is 0 Å². The van der Waals surface area contributed by atoms with Gasteiger partial charge in [0.25, 0.3) is 0 Å². The number of ether oxygens (including phenoxy) is 1. The zero-order valence-electron chi connectivity index (χ0n) is 10.8. The van der Waals surface area contributed by atoms with Crippen molar-refractivity contribution in [2.75, 3.05) is 7.11 Å². The third-order valence-corrected chi connectivity index (χ3v) is 2.66. The van der Waals surface area contributed by atoms with Crippen molar-refractivity contribution in [3.63, 3.8) is 0 Å². The second-order valence-electron chi connectivity index (χ2n) is 4.46. The van der Waals surface area contributed by atoms with Crippen LogP contribution in [0, 0.1) is 5.92 Å². The van der Waals surface area contributed by atoms with Gasteiger partial charge in [-0.05, 0) is 24.1 Å². The molecule has 0 bridgehead atoms. The molecule has 0 saturated carbocycles. The largest absolute Gasteiger partial charge is 0.496 e. The number of benzene rings is 1. The fraction of sp³-hybridized carbons (Fsp3) is 0.267. The maximum absolute atomic E-state index is 11.3. The number of allylic oxidation sites excluding steroid dienone is 1. The molecule has 0 fully saturated rings. The zero-order chi connectivity index (χ0) is 13.1. The first-order chi connectivity index (χ1) is 8.61. The summed E-state index contributed by atoms with van der Waals surface area (Å²) < 4.78 is 10.6. The van der Waals surface area contributed by atoms with Crippen molar-refractivity contribution in [2.45, 2.75) is 13.8 Å². The van der Waals surface area contributed by atoms with Crippen molar-refractivity contribution in [2.24, 2.45) is 5.92 Å². The number of hydrogen-bond donors (Lipinski definition) is 0. The Morgan fingerprint density at radius 3 is 2.61 bits per heavy atom. The SMILES string of the molecule is COc1ccc2ccc(=O)oc2c1C=CC(C)C. The lowest BCUT2D eigenvalue weighted by Crippen LogP contribution is -1.97. The minimum absolute atomic E-state index is 0.352. The Morgan fingerprint density at radius 1 is 1.22 bits per heavy atom. The Labute approximate surface area is 106 Å². The number of fused-ring (bicyclic) bond motifs is 1. The summed E-state index contributed by atoms with van der Waals surface area (Å²) in [5.74, 6) is 1.12. The van der Waals surface area contributed by atoms with Gasteiger partial charge >= 0.3 is 5.63 Å². The number of methoxy groups -OCH3 is 1. The van der Waals surface area contributed by atoms with Gasteiger partial charge in [0.1, 0.15) is 11.3 Å². The summed E-state index contributed by atoms with van der Waals surface area (Å²) in [6, 6.07) is 6.93. The van der Waals surface area contributed by atoms with Crippen LogP contribution < -0.4 is 10.4 Å². The smallest absolute Gasteiger partial charge is 0.336 e. The lowest BCUT2D eigenvalue weighted by Gasteiger charge is -2.07. The Bertz CT molecular complexity index is 636. The maximum atomic E-state index is 11.3. The highest BCUT2D eigenvalue weighted by Crippen LogP contribution is 2.28. The molecular weight excluding hydrogens is 228 g/mol. The van der Waals surface area contributed by atoms with E-state index in [0.29, 0.717) is 17.3 Å². The predicted molar refractivity (Wildman–Crippen MR) is 72.9 cm³/mol. The summed E-state index contributed by atoms with van der Waals surface area (Å²) in [5.41, 5.74) is 1.02. The Morgan fingerprint density at radius 2 is 1.94 bits per heavy atom. The van der Waals surface area contributed by atoms with Crippen LogP contribution in [0.4, 0.5) is 0 Å². The molecule has 0 aliphatic heterocycles. The molecule has 0 spiro atoms. The highest BCUT2D eigenvalue weighted by atomic mass is 16.5. The molecule has 1 aromatic carbocycles. The first-order valence-electron chi connectivity index (χ1n) is 5.91. The normalized spacial score (nSPS) is 11.6. The lowest BCUT2D eigenvalue weighted by atomic mass is 10.1. The third kappa shape index (κ3) is 2.45. The highest BCUT2D eigenvalue weighted by molar-refractivity contribution is 5.88. The van der Waals surface area contributed by atoms with Crippen LogP contribution in [-0.4, -0.2) is 7.11 Å². The Kier molecular flexibility index (Phi) is 3.51. The monoisotopic (exact) mass is 244 g/mol. The number of hydrogen-bond acceptors (Lipinski definition) is 3. The average Bonchev–Trinajstić information content (AvgIpc) is 2.35. The molecular formula is C15H16O3. The molecule has 1 heterocycles. The average molecular weight is 244 g/mol. The lowest BCUT2D eigenvalue weighted by molar-refractivity contribution is 0.413. The van der Waals surface area contributed by atoms with Gasteiger partial charge < -0.3 is 9.15 Å². The molecule has 0 amide bonds. The molecule has 18 heavy (non-hydrogen) atoms. The molecule has 0 radical (unpaired) electrons. The van der Waals surface area contributed by atoms with E-state index in [4.69, 9.17) is 9.15 Å².